The molecule has 1 aliphatic rings. The zero-order chi connectivity index (χ0) is 13.6. The molecule has 1 unspecified atom stereocenters. The van der Waals surface area contributed by atoms with Crippen molar-refractivity contribution in [3.05, 3.63) is 47.5 Å². The lowest BCUT2D eigenvalue weighted by Gasteiger charge is -2.33. The molecule has 5 heteroatoms. The van der Waals surface area contributed by atoms with E-state index in [1.807, 2.05) is 10.9 Å². The van der Waals surface area contributed by atoms with Crippen LogP contribution >= 0.6 is 12.4 Å². The molecule has 0 amide bonds. The quantitative estimate of drug-likeness (QED) is 0.876. The van der Waals surface area contributed by atoms with Crippen LogP contribution in [0.1, 0.15) is 37.6 Å². The van der Waals surface area contributed by atoms with E-state index in [-0.39, 0.29) is 29.7 Å². The first-order valence-corrected chi connectivity index (χ1v) is 6.55. The molecule has 1 heterocycles. The van der Waals surface area contributed by atoms with Crippen molar-refractivity contribution in [2.75, 3.05) is 0 Å². The highest BCUT2D eigenvalue weighted by molar-refractivity contribution is 5.85. The van der Waals surface area contributed by atoms with Crippen LogP contribution in [-0.4, -0.2) is 9.78 Å². The molecule has 0 radical (unpaired) electrons. The molecule has 0 saturated carbocycles. The molecule has 20 heavy (non-hydrogen) atoms. The number of nitrogens with two attached hydrogens (primary N) is 1. The highest BCUT2D eigenvalue weighted by Crippen LogP contribution is 2.40. The van der Waals surface area contributed by atoms with Gasteiger partial charge in [-0.05, 0) is 42.5 Å². The van der Waals surface area contributed by atoms with Crippen molar-refractivity contribution in [3.8, 4) is 5.69 Å². The van der Waals surface area contributed by atoms with Crippen LogP contribution in [0.5, 0.6) is 0 Å². The minimum Gasteiger partial charge on any atom is -0.324 e. The summed E-state index contributed by atoms with van der Waals surface area (Å²) < 4.78 is 14.9. The summed E-state index contributed by atoms with van der Waals surface area (Å²) in [6, 6.07) is 6.44. The first kappa shape index (κ1) is 15.0. The molecular formula is C15H19ClFN3. The second-order valence-corrected chi connectivity index (χ2v) is 6.09. The van der Waals surface area contributed by atoms with Gasteiger partial charge in [0.15, 0.2) is 0 Å². The van der Waals surface area contributed by atoms with E-state index in [0.29, 0.717) is 0 Å². The molecular weight excluding hydrogens is 277 g/mol. The second kappa shape index (κ2) is 5.19. The van der Waals surface area contributed by atoms with E-state index in [1.165, 1.54) is 12.1 Å². The van der Waals surface area contributed by atoms with Crippen LogP contribution in [0.3, 0.4) is 0 Å². The highest BCUT2D eigenvalue weighted by atomic mass is 35.5. The summed E-state index contributed by atoms with van der Waals surface area (Å²) >= 11 is 0. The zero-order valence-electron chi connectivity index (χ0n) is 11.6. The monoisotopic (exact) mass is 295 g/mol. The Morgan fingerprint density at radius 3 is 2.60 bits per heavy atom. The van der Waals surface area contributed by atoms with Crippen molar-refractivity contribution in [3.63, 3.8) is 0 Å². The molecule has 1 aromatic heterocycles. The van der Waals surface area contributed by atoms with Gasteiger partial charge in [0.05, 0.1) is 11.9 Å². The smallest absolute Gasteiger partial charge is 0.123 e. The van der Waals surface area contributed by atoms with Crippen molar-refractivity contribution in [1.82, 2.24) is 9.78 Å². The average molecular weight is 296 g/mol. The van der Waals surface area contributed by atoms with Gasteiger partial charge in [-0.2, -0.15) is 5.10 Å². The Morgan fingerprint density at radius 2 is 1.95 bits per heavy atom. The number of fused-ring (bicyclic) bond motifs is 1. The van der Waals surface area contributed by atoms with Crippen LogP contribution in [0.25, 0.3) is 5.69 Å². The standard InChI is InChI=1S/C15H18FN3.ClH/c1-15(2)7-13(17)12-9-18-19(14(12)8-15)11-5-3-10(16)4-6-11;/h3-6,9,13H,7-8,17H2,1-2H3;1H. The Kier molecular flexibility index (Phi) is 3.89. The third-order valence-corrected chi connectivity index (χ3v) is 3.79. The molecule has 0 bridgehead atoms. The van der Waals surface area contributed by atoms with Gasteiger partial charge in [-0.25, -0.2) is 9.07 Å². The Morgan fingerprint density at radius 1 is 1.30 bits per heavy atom. The van der Waals surface area contributed by atoms with Gasteiger partial charge in [-0.3, -0.25) is 0 Å². The van der Waals surface area contributed by atoms with Gasteiger partial charge in [-0.1, -0.05) is 13.8 Å². The maximum Gasteiger partial charge on any atom is 0.123 e. The van der Waals surface area contributed by atoms with Gasteiger partial charge in [0.25, 0.3) is 0 Å². The van der Waals surface area contributed by atoms with E-state index in [1.54, 1.807) is 12.1 Å². The number of nitrogens with zero attached hydrogens (tertiary/aromatic N) is 2. The minimum absolute atomic E-state index is 0. The molecule has 2 N–H and O–H groups in total. The fourth-order valence-electron chi connectivity index (χ4n) is 2.91. The number of hydrogen-bond donors (Lipinski definition) is 1. The van der Waals surface area contributed by atoms with Crippen LogP contribution in [0, 0.1) is 11.2 Å². The van der Waals surface area contributed by atoms with E-state index >= 15 is 0 Å². The summed E-state index contributed by atoms with van der Waals surface area (Å²) in [7, 11) is 0. The minimum atomic E-state index is -0.234. The molecule has 0 spiro atoms. The topological polar surface area (TPSA) is 43.8 Å². The molecule has 1 atom stereocenters. The normalized spacial score (nSPS) is 20.1. The predicted octanol–water partition coefficient (Wildman–Crippen LogP) is 3.41. The summed E-state index contributed by atoms with van der Waals surface area (Å²) in [5.74, 6) is -0.234. The molecule has 0 saturated heterocycles. The predicted molar refractivity (Wildman–Crippen MR) is 79.8 cm³/mol. The lowest BCUT2D eigenvalue weighted by atomic mass is 9.74. The molecule has 0 aliphatic heterocycles. The largest absolute Gasteiger partial charge is 0.324 e. The molecule has 1 aromatic carbocycles. The fraction of sp³-hybridized carbons (Fsp3) is 0.400. The Bertz CT molecular complexity index is 604. The van der Waals surface area contributed by atoms with Crippen molar-refractivity contribution in [1.29, 1.82) is 0 Å². The molecule has 3 nitrogen and oxygen atoms in total. The van der Waals surface area contributed by atoms with Gasteiger partial charge in [-0.15, -0.1) is 12.4 Å². The van der Waals surface area contributed by atoms with Crippen LogP contribution in [0.2, 0.25) is 0 Å². The Labute approximate surface area is 124 Å². The van der Waals surface area contributed by atoms with Gasteiger partial charge < -0.3 is 5.73 Å². The van der Waals surface area contributed by atoms with Gasteiger partial charge in [0, 0.05) is 17.3 Å². The lowest BCUT2D eigenvalue weighted by Crippen LogP contribution is -2.30. The number of benzene rings is 1. The van der Waals surface area contributed by atoms with Gasteiger partial charge in [0.2, 0.25) is 0 Å². The maximum absolute atomic E-state index is 13.0. The highest BCUT2D eigenvalue weighted by Gasteiger charge is 2.33. The van der Waals surface area contributed by atoms with Crippen molar-refractivity contribution < 1.29 is 4.39 Å². The summed E-state index contributed by atoms with van der Waals surface area (Å²) in [5.41, 5.74) is 9.54. The summed E-state index contributed by atoms with van der Waals surface area (Å²) in [6.45, 7) is 4.44. The Balaban J connectivity index is 0.00000147. The van der Waals surface area contributed by atoms with Crippen molar-refractivity contribution >= 4 is 12.4 Å². The summed E-state index contributed by atoms with van der Waals surface area (Å²) in [6.07, 6.45) is 3.75. The summed E-state index contributed by atoms with van der Waals surface area (Å²) in [5, 5.41) is 4.43. The number of halogens is 2. The molecule has 108 valence electrons. The van der Waals surface area contributed by atoms with E-state index in [2.05, 4.69) is 18.9 Å². The number of hydrogen-bond acceptors (Lipinski definition) is 2. The van der Waals surface area contributed by atoms with Crippen molar-refractivity contribution in [2.45, 2.75) is 32.7 Å². The third kappa shape index (κ3) is 2.58. The molecule has 0 fully saturated rings. The van der Waals surface area contributed by atoms with Crippen LogP contribution in [0.15, 0.2) is 30.5 Å². The average Bonchev–Trinajstić information content (AvgIpc) is 2.72. The molecule has 3 rings (SSSR count). The lowest BCUT2D eigenvalue weighted by molar-refractivity contribution is 0.278. The fourth-order valence-corrected chi connectivity index (χ4v) is 2.91. The van der Waals surface area contributed by atoms with E-state index < -0.39 is 0 Å². The Hall–Kier alpha value is -1.39. The van der Waals surface area contributed by atoms with Crippen LogP contribution in [0.4, 0.5) is 4.39 Å². The first-order chi connectivity index (χ1) is 8.96. The summed E-state index contributed by atoms with van der Waals surface area (Å²) in [4.78, 5) is 0. The van der Waals surface area contributed by atoms with Gasteiger partial charge >= 0.3 is 0 Å². The van der Waals surface area contributed by atoms with E-state index in [4.69, 9.17) is 5.73 Å². The third-order valence-electron chi connectivity index (χ3n) is 3.79. The molecule has 1 aliphatic carbocycles. The number of rotatable bonds is 1. The SMILES string of the molecule is CC1(C)Cc2c(cnn2-c2ccc(F)cc2)C(N)C1.Cl. The van der Waals surface area contributed by atoms with Gasteiger partial charge in [0.1, 0.15) is 5.82 Å². The number of aromatic nitrogens is 2. The van der Waals surface area contributed by atoms with Crippen LogP contribution in [-0.2, 0) is 6.42 Å². The van der Waals surface area contributed by atoms with E-state index in [0.717, 1.165) is 29.8 Å². The van der Waals surface area contributed by atoms with Crippen LogP contribution < -0.4 is 5.73 Å². The van der Waals surface area contributed by atoms with Crippen molar-refractivity contribution in [2.24, 2.45) is 11.1 Å². The maximum atomic E-state index is 13.0. The second-order valence-electron chi connectivity index (χ2n) is 6.09. The van der Waals surface area contributed by atoms with E-state index in [9.17, 15) is 4.39 Å². The first-order valence-electron chi connectivity index (χ1n) is 6.55. The molecule has 2 aromatic rings. The zero-order valence-corrected chi connectivity index (χ0v) is 12.5.